The minimum absolute atomic E-state index is 0.181. The van der Waals surface area contributed by atoms with E-state index in [0.29, 0.717) is 18.7 Å². The quantitative estimate of drug-likeness (QED) is 0.422. The highest BCUT2D eigenvalue weighted by atomic mass is 127. The van der Waals surface area contributed by atoms with Crippen LogP contribution in [0.2, 0.25) is 0 Å². The highest BCUT2D eigenvalue weighted by Crippen LogP contribution is 2.17. The Morgan fingerprint density at radius 2 is 2.00 bits per heavy atom. The molecule has 7 nitrogen and oxygen atoms in total. The number of carbonyl (C=O) groups is 2. The van der Waals surface area contributed by atoms with Crippen LogP contribution < -0.4 is 10.6 Å². The molecular weight excluding hydrogens is 400 g/mol. The minimum atomic E-state index is -1.55. The molecule has 4 N–H and O–H groups in total. The predicted molar refractivity (Wildman–Crippen MR) is 91.1 cm³/mol. The van der Waals surface area contributed by atoms with Gasteiger partial charge in [0.1, 0.15) is 0 Å². The van der Waals surface area contributed by atoms with Gasteiger partial charge in [-0.15, -0.1) is 0 Å². The second-order valence-corrected chi connectivity index (χ2v) is 6.27. The summed E-state index contributed by atoms with van der Waals surface area (Å²) in [7, 11) is -1.55. The number of halogens is 1. The predicted octanol–water partition coefficient (Wildman–Crippen LogP) is 0.416. The largest absolute Gasteiger partial charge is 0.475 e. The van der Waals surface area contributed by atoms with Crippen LogP contribution in [0.25, 0.3) is 0 Å². The molecule has 0 radical (unpaired) electrons. The summed E-state index contributed by atoms with van der Waals surface area (Å²) in [5.41, 5.74) is 0.634. The Bertz CT molecular complexity index is 541. The number of carbonyl (C=O) groups excluding carboxylic acids is 2. The zero-order valence-electron chi connectivity index (χ0n) is 11.8. The van der Waals surface area contributed by atoms with Crippen molar-refractivity contribution in [3.63, 3.8) is 0 Å². The zero-order valence-corrected chi connectivity index (χ0v) is 14.0. The lowest BCUT2D eigenvalue weighted by Crippen LogP contribution is -2.49. The molecule has 22 heavy (non-hydrogen) atoms. The van der Waals surface area contributed by atoms with E-state index >= 15 is 0 Å². The summed E-state index contributed by atoms with van der Waals surface area (Å²) in [5.74, 6) is -0.915. The van der Waals surface area contributed by atoms with E-state index in [1.807, 2.05) is 12.1 Å². The van der Waals surface area contributed by atoms with Crippen LogP contribution >= 0.6 is 22.6 Å². The Morgan fingerprint density at radius 3 is 2.64 bits per heavy atom. The molecule has 0 aromatic heterocycles. The van der Waals surface area contributed by atoms with E-state index < -0.39 is 19.1 Å². The van der Waals surface area contributed by atoms with Crippen LogP contribution in [0.4, 0.5) is 10.5 Å². The van der Waals surface area contributed by atoms with E-state index in [9.17, 15) is 19.6 Å². The lowest BCUT2D eigenvalue weighted by atomic mass is 9.78. The van der Waals surface area contributed by atoms with Gasteiger partial charge in [-0.1, -0.05) is 0 Å². The molecule has 0 bridgehead atoms. The van der Waals surface area contributed by atoms with Gasteiger partial charge in [-0.25, -0.2) is 4.79 Å². The number of rotatable bonds is 4. The third-order valence-electron chi connectivity index (χ3n) is 3.47. The van der Waals surface area contributed by atoms with Crippen molar-refractivity contribution < 1.29 is 19.6 Å². The molecule has 1 unspecified atom stereocenters. The van der Waals surface area contributed by atoms with Gasteiger partial charge in [0, 0.05) is 15.8 Å². The van der Waals surface area contributed by atoms with Crippen molar-refractivity contribution in [2.75, 3.05) is 18.4 Å². The van der Waals surface area contributed by atoms with Crippen LogP contribution in [0.15, 0.2) is 24.3 Å². The Kier molecular flexibility index (Phi) is 6.03. The molecule has 1 heterocycles. The normalized spacial score (nSPS) is 17.2. The zero-order chi connectivity index (χ0) is 16.1. The van der Waals surface area contributed by atoms with Gasteiger partial charge in [-0.3, -0.25) is 4.79 Å². The third-order valence-corrected chi connectivity index (χ3v) is 4.19. The molecule has 1 aliphatic heterocycles. The standard InChI is InChI=1S/C13H17BIN3O4/c15-9-3-5-10(6-4-9)17-13(20)16-8-12(19)18-7-1-2-11(18)14(21)22/h3-6,11,21-22H,1-2,7-8H2,(H2,16,17,20). The first-order chi connectivity index (χ1) is 10.5. The van der Waals surface area contributed by atoms with Gasteiger partial charge in [0.2, 0.25) is 5.91 Å². The number of likely N-dealkylation sites (tertiary alicyclic amines) is 1. The fraction of sp³-hybridized carbons (Fsp3) is 0.385. The van der Waals surface area contributed by atoms with Gasteiger partial charge < -0.3 is 25.6 Å². The highest BCUT2D eigenvalue weighted by molar-refractivity contribution is 14.1. The molecule has 1 atom stereocenters. The van der Waals surface area contributed by atoms with Gasteiger partial charge in [-0.2, -0.15) is 0 Å². The van der Waals surface area contributed by atoms with Gasteiger partial charge >= 0.3 is 13.1 Å². The van der Waals surface area contributed by atoms with E-state index in [4.69, 9.17) is 0 Å². The fourth-order valence-corrected chi connectivity index (χ4v) is 2.74. The number of nitrogens with zero attached hydrogens (tertiary/aromatic N) is 1. The van der Waals surface area contributed by atoms with Crippen molar-refractivity contribution in [2.24, 2.45) is 0 Å². The first-order valence-corrected chi connectivity index (χ1v) is 8.01. The van der Waals surface area contributed by atoms with Gasteiger partial charge in [0.25, 0.3) is 0 Å². The summed E-state index contributed by atoms with van der Waals surface area (Å²) in [4.78, 5) is 25.2. The summed E-state index contributed by atoms with van der Waals surface area (Å²) in [6.45, 7) is 0.293. The van der Waals surface area contributed by atoms with Crippen LogP contribution in [0, 0.1) is 3.57 Å². The number of anilines is 1. The Labute approximate surface area is 142 Å². The summed E-state index contributed by atoms with van der Waals surface area (Å²) in [6.07, 6.45) is 1.28. The first-order valence-electron chi connectivity index (χ1n) is 6.93. The Hall–Kier alpha value is -1.33. The maximum atomic E-state index is 12.0. The number of hydrogen-bond donors (Lipinski definition) is 4. The van der Waals surface area contributed by atoms with Crippen LogP contribution in [0.1, 0.15) is 12.8 Å². The average Bonchev–Trinajstić information content (AvgIpc) is 2.97. The molecule has 118 valence electrons. The average molecular weight is 417 g/mol. The van der Waals surface area contributed by atoms with Crippen molar-refractivity contribution >= 4 is 47.3 Å². The van der Waals surface area contributed by atoms with Gasteiger partial charge in [0.05, 0.1) is 12.5 Å². The second kappa shape index (κ2) is 7.79. The summed E-state index contributed by atoms with van der Waals surface area (Å²) < 4.78 is 1.06. The number of benzene rings is 1. The second-order valence-electron chi connectivity index (χ2n) is 5.02. The summed E-state index contributed by atoms with van der Waals surface area (Å²) in [5, 5.41) is 23.6. The van der Waals surface area contributed by atoms with Gasteiger partial charge in [-0.05, 0) is 59.7 Å². The number of hydrogen-bond acceptors (Lipinski definition) is 4. The van der Waals surface area contributed by atoms with Crippen molar-refractivity contribution in [1.82, 2.24) is 10.2 Å². The molecule has 1 saturated heterocycles. The summed E-state index contributed by atoms with van der Waals surface area (Å²) in [6, 6.07) is 6.77. The molecule has 1 aliphatic rings. The van der Waals surface area contributed by atoms with Crippen LogP contribution in [0.3, 0.4) is 0 Å². The number of nitrogens with one attached hydrogen (secondary N) is 2. The third kappa shape index (κ3) is 4.58. The van der Waals surface area contributed by atoms with E-state index in [1.165, 1.54) is 4.90 Å². The SMILES string of the molecule is O=C(NCC(=O)N1CCCC1B(O)O)Nc1ccc(I)cc1. The number of amides is 3. The molecule has 1 aromatic carbocycles. The topological polar surface area (TPSA) is 102 Å². The van der Waals surface area contributed by atoms with Crippen LogP contribution in [-0.2, 0) is 4.79 Å². The van der Waals surface area contributed by atoms with Crippen LogP contribution in [-0.4, -0.2) is 53.0 Å². The van der Waals surface area contributed by atoms with Crippen LogP contribution in [0.5, 0.6) is 0 Å². The molecule has 9 heteroatoms. The monoisotopic (exact) mass is 417 g/mol. The lowest BCUT2D eigenvalue weighted by Gasteiger charge is -2.24. The molecule has 3 amide bonds. The fourth-order valence-electron chi connectivity index (χ4n) is 2.38. The van der Waals surface area contributed by atoms with E-state index in [-0.39, 0.29) is 12.5 Å². The maximum Gasteiger partial charge on any atom is 0.475 e. The molecule has 0 saturated carbocycles. The lowest BCUT2D eigenvalue weighted by molar-refractivity contribution is -0.130. The van der Waals surface area contributed by atoms with Crippen molar-refractivity contribution in [2.45, 2.75) is 18.8 Å². The van der Waals surface area contributed by atoms with E-state index in [1.54, 1.807) is 12.1 Å². The minimum Gasteiger partial charge on any atom is -0.426 e. The molecule has 0 spiro atoms. The maximum absolute atomic E-state index is 12.0. The smallest absolute Gasteiger partial charge is 0.426 e. The summed E-state index contributed by atoms with van der Waals surface area (Å²) >= 11 is 2.16. The number of urea groups is 1. The molecule has 2 rings (SSSR count). The first kappa shape index (κ1) is 17.0. The molecule has 1 aromatic rings. The van der Waals surface area contributed by atoms with Crippen molar-refractivity contribution in [1.29, 1.82) is 0 Å². The van der Waals surface area contributed by atoms with E-state index in [2.05, 4.69) is 33.2 Å². The Balaban J connectivity index is 1.80. The molecule has 1 fully saturated rings. The van der Waals surface area contributed by atoms with Crippen molar-refractivity contribution in [3.05, 3.63) is 27.8 Å². The molecular formula is C13H17BIN3O4. The molecule has 0 aliphatic carbocycles. The highest BCUT2D eigenvalue weighted by Gasteiger charge is 2.36. The van der Waals surface area contributed by atoms with Crippen molar-refractivity contribution in [3.8, 4) is 0 Å². The van der Waals surface area contributed by atoms with E-state index in [0.717, 1.165) is 9.99 Å². The Morgan fingerprint density at radius 1 is 1.32 bits per heavy atom. The van der Waals surface area contributed by atoms with Gasteiger partial charge in [0.15, 0.2) is 0 Å².